The fourth-order valence-corrected chi connectivity index (χ4v) is 2.38. The monoisotopic (exact) mass is 293 g/mol. The number of hydrogen-bond donors (Lipinski definition) is 0. The normalized spacial score (nSPS) is 10.6. The molecule has 0 saturated carbocycles. The number of aryl methyl sites for hydroxylation is 1. The van der Waals surface area contributed by atoms with Crippen LogP contribution < -0.4 is 4.90 Å². The van der Waals surface area contributed by atoms with Gasteiger partial charge < -0.3 is 4.74 Å². The lowest BCUT2D eigenvalue weighted by atomic mass is 10.4. The predicted molar refractivity (Wildman–Crippen MR) is 75.6 cm³/mol. The summed E-state index contributed by atoms with van der Waals surface area (Å²) < 4.78 is 4.99. The Morgan fingerprint density at radius 2 is 2.15 bits per heavy atom. The number of ether oxygens (including phenoxy) is 1. The number of nitrogens with zero attached hydrogens (tertiary/aromatic N) is 5. The molecule has 0 atom stereocenters. The molecule has 0 unspecified atom stereocenters. The molecule has 0 N–H and O–H groups in total. The minimum absolute atomic E-state index is 0.0975. The highest BCUT2D eigenvalue weighted by Crippen LogP contribution is 2.27. The first-order valence-electron chi connectivity index (χ1n) is 6.01. The van der Waals surface area contributed by atoms with Crippen LogP contribution in [0.5, 0.6) is 0 Å². The highest BCUT2D eigenvalue weighted by molar-refractivity contribution is 7.18. The van der Waals surface area contributed by atoms with Gasteiger partial charge in [0.25, 0.3) is 0 Å². The van der Waals surface area contributed by atoms with Gasteiger partial charge in [-0.3, -0.25) is 19.7 Å². The molecule has 2 aromatic heterocycles. The second kappa shape index (κ2) is 6.49. The molecule has 0 fully saturated rings. The molecule has 0 aromatic carbocycles. The van der Waals surface area contributed by atoms with Gasteiger partial charge in [0.1, 0.15) is 5.69 Å². The Bertz CT molecular complexity index is 584. The Morgan fingerprint density at radius 1 is 1.35 bits per heavy atom. The molecule has 0 aliphatic carbocycles. The van der Waals surface area contributed by atoms with E-state index in [0.717, 1.165) is 5.69 Å². The summed E-state index contributed by atoms with van der Waals surface area (Å²) in [7, 11) is 1.59. The van der Waals surface area contributed by atoms with Crippen LogP contribution in [-0.2, 0) is 9.53 Å². The van der Waals surface area contributed by atoms with Gasteiger partial charge >= 0.3 is 0 Å². The fraction of sp³-hybridized carbons (Fsp3) is 0.417. The number of aromatic nitrogens is 4. The summed E-state index contributed by atoms with van der Waals surface area (Å²) in [4.78, 5) is 21.6. The molecular weight excluding hydrogens is 278 g/mol. The summed E-state index contributed by atoms with van der Waals surface area (Å²) in [5.41, 5.74) is 1.48. The van der Waals surface area contributed by atoms with E-state index in [0.29, 0.717) is 29.0 Å². The maximum Gasteiger partial charge on any atom is 0.225 e. The standard InChI is InChI=1S/C12H15N5O2S/c1-8-6-14-10(7-13-8)11-15-16-12(20-11)17(9(2)18)4-5-19-3/h6-7H,4-5H2,1-3H3. The van der Waals surface area contributed by atoms with E-state index < -0.39 is 0 Å². The molecule has 0 radical (unpaired) electrons. The van der Waals surface area contributed by atoms with Gasteiger partial charge in [0.15, 0.2) is 5.01 Å². The Hall–Kier alpha value is -1.93. The molecular formula is C12H15N5O2S. The lowest BCUT2D eigenvalue weighted by Crippen LogP contribution is -2.31. The highest BCUT2D eigenvalue weighted by Gasteiger charge is 2.17. The zero-order valence-electron chi connectivity index (χ0n) is 11.5. The third-order valence-electron chi connectivity index (χ3n) is 2.54. The van der Waals surface area contributed by atoms with Gasteiger partial charge in [-0.15, -0.1) is 10.2 Å². The maximum absolute atomic E-state index is 11.6. The number of amides is 1. The maximum atomic E-state index is 11.6. The summed E-state index contributed by atoms with van der Waals surface area (Å²) in [6, 6.07) is 0. The van der Waals surface area contributed by atoms with Gasteiger partial charge in [-0.1, -0.05) is 11.3 Å². The molecule has 0 aliphatic rings. The van der Waals surface area contributed by atoms with Gasteiger partial charge in [0.2, 0.25) is 11.0 Å². The smallest absolute Gasteiger partial charge is 0.225 e. The molecule has 2 heterocycles. The largest absolute Gasteiger partial charge is 0.383 e. The van der Waals surface area contributed by atoms with E-state index in [-0.39, 0.29) is 5.91 Å². The van der Waals surface area contributed by atoms with Crippen LogP contribution >= 0.6 is 11.3 Å². The summed E-state index contributed by atoms with van der Waals surface area (Å²) in [6.45, 7) is 4.24. The lowest BCUT2D eigenvalue weighted by molar-refractivity contribution is -0.116. The first kappa shape index (κ1) is 14.5. The fourth-order valence-electron chi connectivity index (χ4n) is 1.50. The summed E-state index contributed by atoms with van der Waals surface area (Å²) in [5, 5.41) is 9.27. The molecule has 20 heavy (non-hydrogen) atoms. The van der Waals surface area contributed by atoms with Gasteiger partial charge in [0.05, 0.1) is 25.0 Å². The van der Waals surface area contributed by atoms with Crippen molar-refractivity contribution in [2.75, 3.05) is 25.2 Å². The van der Waals surface area contributed by atoms with Gasteiger partial charge in [0, 0.05) is 20.2 Å². The van der Waals surface area contributed by atoms with E-state index in [2.05, 4.69) is 20.2 Å². The molecule has 0 spiro atoms. The molecule has 2 rings (SSSR count). The SMILES string of the molecule is COCCN(C(C)=O)c1nnc(-c2cnc(C)cn2)s1. The Morgan fingerprint density at radius 3 is 2.75 bits per heavy atom. The van der Waals surface area contributed by atoms with Gasteiger partial charge in [-0.25, -0.2) is 0 Å². The van der Waals surface area contributed by atoms with Crippen LogP contribution in [0.2, 0.25) is 0 Å². The van der Waals surface area contributed by atoms with Crippen LogP contribution in [0.1, 0.15) is 12.6 Å². The van der Waals surface area contributed by atoms with Crippen LogP contribution in [0.15, 0.2) is 12.4 Å². The minimum atomic E-state index is -0.0975. The molecule has 0 aliphatic heterocycles. The number of carbonyl (C=O) groups excluding carboxylic acids is 1. The van der Waals surface area contributed by atoms with Gasteiger partial charge in [-0.05, 0) is 6.92 Å². The molecule has 7 nitrogen and oxygen atoms in total. The van der Waals surface area contributed by atoms with Crippen molar-refractivity contribution in [1.82, 2.24) is 20.2 Å². The second-order valence-corrected chi connectivity index (χ2v) is 5.05. The number of anilines is 1. The topological polar surface area (TPSA) is 81.1 Å². The Balaban J connectivity index is 2.22. The number of methoxy groups -OCH3 is 1. The van der Waals surface area contributed by atoms with Crippen molar-refractivity contribution in [3.05, 3.63) is 18.1 Å². The third kappa shape index (κ3) is 3.34. The van der Waals surface area contributed by atoms with Crippen molar-refractivity contribution in [3.8, 4) is 10.7 Å². The van der Waals surface area contributed by atoms with Crippen molar-refractivity contribution >= 4 is 22.4 Å². The number of carbonyl (C=O) groups is 1. The molecule has 2 aromatic rings. The van der Waals surface area contributed by atoms with Crippen LogP contribution in [-0.4, -0.2) is 46.3 Å². The van der Waals surface area contributed by atoms with Crippen molar-refractivity contribution in [2.24, 2.45) is 0 Å². The van der Waals surface area contributed by atoms with E-state index in [9.17, 15) is 4.79 Å². The average molecular weight is 293 g/mol. The number of hydrogen-bond acceptors (Lipinski definition) is 7. The second-order valence-electron chi connectivity index (χ2n) is 4.10. The van der Waals surface area contributed by atoms with E-state index in [4.69, 9.17) is 4.74 Å². The number of rotatable bonds is 5. The summed E-state index contributed by atoms with van der Waals surface area (Å²) in [5.74, 6) is -0.0975. The highest BCUT2D eigenvalue weighted by atomic mass is 32.1. The third-order valence-corrected chi connectivity index (χ3v) is 3.51. The molecule has 8 heteroatoms. The van der Waals surface area contributed by atoms with Crippen molar-refractivity contribution in [3.63, 3.8) is 0 Å². The summed E-state index contributed by atoms with van der Waals surface area (Å²) >= 11 is 1.30. The first-order chi connectivity index (χ1) is 9.61. The van der Waals surface area contributed by atoms with E-state index in [1.807, 2.05) is 6.92 Å². The van der Waals surface area contributed by atoms with Crippen molar-refractivity contribution in [2.45, 2.75) is 13.8 Å². The average Bonchev–Trinajstić information content (AvgIpc) is 2.89. The van der Waals surface area contributed by atoms with Gasteiger partial charge in [-0.2, -0.15) is 0 Å². The Kier molecular flexibility index (Phi) is 4.70. The molecule has 1 amide bonds. The van der Waals surface area contributed by atoms with Crippen molar-refractivity contribution in [1.29, 1.82) is 0 Å². The minimum Gasteiger partial charge on any atom is -0.383 e. The zero-order valence-corrected chi connectivity index (χ0v) is 12.3. The molecule has 106 valence electrons. The van der Waals surface area contributed by atoms with E-state index in [1.165, 1.54) is 23.2 Å². The van der Waals surface area contributed by atoms with E-state index in [1.54, 1.807) is 19.5 Å². The molecule has 0 saturated heterocycles. The summed E-state index contributed by atoms with van der Waals surface area (Å²) in [6.07, 6.45) is 3.32. The Labute approximate surface area is 120 Å². The van der Waals surface area contributed by atoms with Crippen LogP contribution in [0.3, 0.4) is 0 Å². The van der Waals surface area contributed by atoms with Crippen molar-refractivity contribution < 1.29 is 9.53 Å². The van der Waals surface area contributed by atoms with E-state index >= 15 is 0 Å². The quantitative estimate of drug-likeness (QED) is 0.826. The van der Waals surface area contributed by atoms with Crippen LogP contribution in [0.4, 0.5) is 5.13 Å². The zero-order chi connectivity index (χ0) is 14.5. The predicted octanol–water partition coefficient (Wildman–Crippen LogP) is 1.30. The lowest BCUT2D eigenvalue weighted by Gasteiger charge is -2.16. The molecule has 0 bridgehead atoms. The first-order valence-corrected chi connectivity index (χ1v) is 6.83. The van der Waals surface area contributed by atoms with Crippen LogP contribution in [0, 0.1) is 6.92 Å². The van der Waals surface area contributed by atoms with Crippen LogP contribution in [0.25, 0.3) is 10.7 Å².